The molecular formula is C14H20ClNS. The Morgan fingerprint density at radius 3 is 2.82 bits per heavy atom. The van der Waals surface area contributed by atoms with Gasteiger partial charge in [0.1, 0.15) is 0 Å². The maximum atomic E-state index is 6.31. The number of hydrogen-bond donors (Lipinski definition) is 1. The maximum Gasteiger partial charge on any atom is 0.0462 e. The molecule has 0 radical (unpaired) electrons. The molecule has 0 saturated heterocycles. The topological polar surface area (TPSA) is 12.0 Å². The van der Waals surface area contributed by atoms with E-state index in [4.69, 9.17) is 11.6 Å². The molecule has 2 rings (SSSR count). The van der Waals surface area contributed by atoms with Crippen molar-refractivity contribution in [2.24, 2.45) is 0 Å². The largest absolute Gasteiger partial charge is 0.310 e. The number of nitrogens with one attached hydrogen (secondary N) is 1. The van der Waals surface area contributed by atoms with Crippen molar-refractivity contribution in [3.05, 3.63) is 28.8 Å². The summed E-state index contributed by atoms with van der Waals surface area (Å²) in [6, 6.07) is 7.18. The molecule has 1 fully saturated rings. The summed E-state index contributed by atoms with van der Waals surface area (Å²) in [4.78, 5) is 1.28. The lowest BCUT2D eigenvalue weighted by atomic mass is 10.2. The Kier molecular flexibility index (Phi) is 4.78. The first-order chi connectivity index (χ1) is 8.19. The van der Waals surface area contributed by atoms with Crippen molar-refractivity contribution in [2.75, 3.05) is 0 Å². The van der Waals surface area contributed by atoms with Gasteiger partial charge in [-0.2, -0.15) is 0 Å². The molecule has 1 aromatic rings. The van der Waals surface area contributed by atoms with E-state index in [1.807, 2.05) is 11.8 Å². The van der Waals surface area contributed by atoms with Gasteiger partial charge in [0.2, 0.25) is 0 Å². The fourth-order valence-corrected chi connectivity index (χ4v) is 2.88. The van der Waals surface area contributed by atoms with Crippen LogP contribution in [0.2, 0.25) is 5.02 Å². The van der Waals surface area contributed by atoms with Crippen molar-refractivity contribution < 1.29 is 0 Å². The molecule has 0 spiro atoms. The lowest BCUT2D eigenvalue weighted by Crippen LogP contribution is -2.15. The Morgan fingerprint density at radius 1 is 1.47 bits per heavy atom. The van der Waals surface area contributed by atoms with Crippen molar-refractivity contribution in [3.8, 4) is 0 Å². The maximum absolute atomic E-state index is 6.31. The van der Waals surface area contributed by atoms with Crippen molar-refractivity contribution in [1.29, 1.82) is 0 Å². The first-order valence-electron chi connectivity index (χ1n) is 6.37. The third-order valence-corrected chi connectivity index (χ3v) is 4.71. The smallest absolute Gasteiger partial charge is 0.0462 e. The summed E-state index contributed by atoms with van der Waals surface area (Å²) in [6.45, 7) is 5.37. The first kappa shape index (κ1) is 13.3. The lowest BCUT2D eigenvalue weighted by Gasteiger charge is -2.11. The highest BCUT2D eigenvalue weighted by Gasteiger charge is 2.20. The average molecular weight is 270 g/mol. The van der Waals surface area contributed by atoms with Crippen molar-refractivity contribution in [1.82, 2.24) is 5.32 Å². The number of benzene rings is 1. The minimum atomic E-state index is 0.654. The van der Waals surface area contributed by atoms with Gasteiger partial charge in [-0.3, -0.25) is 0 Å². The summed E-state index contributed by atoms with van der Waals surface area (Å²) in [5.41, 5.74) is 1.21. The predicted molar refractivity (Wildman–Crippen MR) is 76.9 cm³/mol. The van der Waals surface area contributed by atoms with Crippen LogP contribution >= 0.6 is 23.4 Å². The Morgan fingerprint density at radius 2 is 2.24 bits per heavy atom. The zero-order valence-electron chi connectivity index (χ0n) is 10.5. The average Bonchev–Trinajstić information content (AvgIpc) is 3.12. The Balaban J connectivity index is 1.94. The van der Waals surface area contributed by atoms with Gasteiger partial charge in [-0.1, -0.05) is 31.5 Å². The Bertz CT molecular complexity index is 376. The summed E-state index contributed by atoms with van der Waals surface area (Å²) in [5.74, 6) is 0. The van der Waals surface area contributed by atoms with Crippen molar-refractivity contribution in [3.63, 3.8) is 0 Å². The van der Waals surface area contributed by atoms with Crippen LogP contribution in [0.1, 0.15) is 38.7 Å². The fourth-order valence-electron chi connectivity index (χ4n) is 1.60. The molecule has 0 amide bonds. The third-order valence-electron chi connectivity index (χ3n) is 3.10. The van der Waals surface area contributed by atoms with E-state index in [1.54, 1.807) is 0 Å². The molecule has 1 atom stereocenters. The SMILES string of the molecule is CCC(C)Sc1ccc(CNC2CC2)c(Cl)c1. The van der Waals surface area contributed by atoms with Gasteiger partial charge in [0.15, 0.2) is 0 Å². The Hall–Kier alpha value is -0.180. The highest BCUT2D eigenvalue weighted by Crippen LogP contribution is 2.29. The molecule has 0 aromatic heterocycles. The minimum absolute atomic E-state index is 0.654. The molecule has 1 N–H and O–H groups in total. The van der Waals surface area contributed by atoms with Crippen LogP contribution in [-0.2, 0) is 6.54 Å². The van der Waals surface area contributed by atoms with E-state index in [0.29, 0.717) is 5.25 Å². The monoisotopic (exact) mass is 269 g/mol. The van der Waals surface area contributed by atoms with E-state index in [9.17, 15) is 0 Å². The van der Waals surface area contributed by atoms with Crippen LogP contribution in [0.3, 0.4) is 0 Å². The molecule has 94 valence electrons. The van der Waals surface area contributed by atoms with Gasteiger partial charge in [-0.05, 0) is 37.0 Å². The van der Waals surface area contributed by atoms with Gasteiger partial charge < -0.3 is 5.32 Å². The number of hydrogen-bond acceptors (Lipinski definition) is 2. The zero-order valence-corrected chi connectivity index (χ0v) is 12.1. The standard InChI is InChI=1S/C14H20ClNS/c1-3-10(2)17-13-7-4-11(14(15)8-13)9-16-12-5-6-12/h4,7-8,10,12,16H,3,5-6,9H2,1-2H3. The van der Waals surface area contributed by atoms with Crippen molar-refractivity contribution in [2.45, 2.75) is 55.8 Å². The third kappa shape index (κ3) is 4.20. The van der Waals surface area contributed by atoms with Crippen molar-refractivity contribution >= 4 is 23.4 Å². The second kappa shape index (κ2) is 6.12. The summed E-state index contributed by atoms with van der Waals surface area (Å²) in [6.07, 6.45) is 3.83. The van der Waals surface area contributed by atoms with Gasteiger partial charge in [0.05, 0.1) is 0 Å². The summed E-state index contributed by atoms with van der Waals surface area (Å²) in [5, 5.41) is 5.04. The van der Waals surface area contributed by atoms with Gasteiger partial charge in [-0.15, -0.1) is 11.8 Å². The molecule has 17 heavy (non-hydrogen) atoms. The van der Waals surface area contributed by atoms with Crippen LogP contribution in [0.15, 0.2) is 23.1 Å². The van der Waals surface area contributed by atoms with Gasteiger partial charge in [-0.25, -0.2) is 0 Å². The van der Waals surface area contributed by atoms with Crippen LogP contribution < -0.4 is 5.32 Å². The molecule has 1 unspecified atom stereocenters. The van der Waals surface area contributed by atoms with Crippen LogP contribution in [0, 0.1) is 0 Å². The van der Waals surface area contributed by atoms with Gasteiger partial charge in [0.25, 0.3) is 0 Å². The minimum Gasteiger partial charge on any atom is -0.310 e. The second-order valence-electron chi connectivity index (χ2n) is 4.75. The van der Waals surface area contributed by atoms with Gasteiger partial charge >= 0.3 is 0 Å². The fraction of sp³-hybridized carbons (Fsp3) is 0.571. The number of halogens is 1. The van der Waals surface area contributed by atoms with Gasteiger partial charge in [0, 0.05) is 27.8 Å². The molecule has 1 nitrogen and oxygen atoms in total. The summed E-state index contributed by atoms with van der Waals surface area (Å²) >= 11 is 8.20. The molecule has 0 aliphatic heterocycles. The summed E-state index contributed by atoms with van der Waals surface area (Å²) in [7, 11) is 0. The molecule has 0 heterocycles. The quantitative estimate of drug-likeness (QED) is 0.764. The van der Waals surface area contributed by atoms with E-state index in [0.717, 1.165) is 17.6 Å². The second-order valence-corrected chi connectivity index (χ2v) is 6.66. The van der Waals surface area contributed by atoms with E-state index in [2.05, 4.69) is 37.4 Å². The number of rotatable bonds is 6. The van der Waals surface area contributed by atoms with Crippen LogP contribution in [-0.4, -0.2) is 11.3 Å². The normalized spacial score (nSPS) is 17.1. The zero-order chi connectivity index (χ0) is 12.3. The number of thioether (sulfide) groups is 1. The van der Waals surface area contributed by atoms with E-state index < -0.39 is 0 Å². The highest BCUT2D eigenvalue weighted by atomic mass is 35.5. The van der Waals surface area contributed by atoms with E-state index in [-0.39, 0.29) is 0 Å². The van der Waals surface area contributed by atoms with E-state index in [1.165, 1.54) is 29.7 Å². The van der Waals surface area contributed by atoms with E-state index >= 15 is 0 Å². The highest BCUT2D eigenvalue weighted by molar-refractivity contribution is 7.99. The predicted octanol–water partition coefficient (Wildman–Crippen LogP) is 4.48. The first-order valence-corrected chi connectivity index (χ1v) is 7.63. The molecule has 1 aromatic carbocycles. The summed E-state index contributed by atoms with van der Waals surface area (Å²) < 4.78 is 0. The van der Waals surface area contributed by atoms with Crippen LogP contribution in [0.5, 0.6) is 0 Å². The lowest BCUT2D eigenvalue weighted by molar-refractivity contribution is 0.687. The molecular weight excluding hydrogens is 250 g/mol. The van der Waals surface area contributed by atoms with Crippen LogP contribution in [0.4, 0.5) is 0 Å². The molecule has 1 aliphatic carbocycles. The van der Waals surface area contributed by atoms with Crippen LogP contribution in [0.25, 0.3) is 0 Å². The Labute approximate surface area is 113 Å². The molecule has 0 bridgehead atoms. The molecule has 3 heteroatoms. The molecule has 1 saturated carbocycles. The molecule has 1 aliphatic rings.